The lowest BCUT2D eigenvalue weighted by Crippen LogP contribution is -2.41. The Labute approximate surface area is 182 Å². The third-order valence-corrected chi connectivity index (χ3v) is 6.63. The molecule has 1 aliphatic heterocycles. The highest BCUT2D eigenvalue weighted by atomic mass is 16.5. The minimum absolute atomic E-state index is 0.00671. The first kappa shape index (κ1) is 24.8. The summed E-state index contributed by atoms with van der Waals surface area (Å²) in [5, 5.41) is 31.4. The Balaban J connectivity index is 2.05. The molecule has 0 amide bonds. The molecular weight excluding hydrogens is 376 g/mol. The van der Waals surface area contributed by atoms with Gasteiger partial charge < -0.3 is 20.1 Å². The van der Waals surface area contributed by atoms with Crippen LogP contribution in [0.3, 0.4) is 0 Å². The van der Waals surface area contributed by atoms with E-state index in [0.717, 1.165) is 36.8 Å². The fourth-order valence-corrected chi connectivity index (χ4v) is 4.27. The van der Waals surface area contributed by atoms with Gasteiger partial charge in [0.25, 0.3) is 0 Å². The van der Waals surface area contributed by atoms with E-state index in [1.54, 1.807) is 6.08 Å². The summed E-state index contributed by atoms with van der Waals surface area (Å²) in [6, 6.07) is 9.93. The van der Waals surface area contributed by atoms with Crippen LogP contribution >= 0.6 is 0 Å². The predicted molar refractivity (Wildman–Crippen MR) is 122 cm³/mol. The van der Waals surface area contributed by atoms with Crippen molar-refractivity contribution >= 4 is 0 Å². The SMILES string of the molecule is CC(C)=CCC(O)(c1ccccc1)C(C)CCC[C@]1(C)OC/C(=C/CO)CC[C@H]1O. The molecule has 1 aromatic carbocycles. The van der Waals surface area contributed by atoms with E-state index < -0.39 is 17.3 Å². The zero-order valence-electron chi connectivity index (χ0n) is 19.1. The highest BCUT2D eigenvalue weighted by Crippen LogP contribution is 2.38. The molecule has 168 valence electrons. The van der Waals surface area contributed by atoms with Crippen LogP contribution in [0.4, 0.5) is 0 Å². The van der Waals surface area contributed by atoms with Crippen molar-refractivity contribution in [2.24, 2.45) is 5.92 Å². The van der Waals surface area contributed by atoms with Gasteiger partial charge in [-0.25, -0.2) is 0 Å². The highest BCUT2D eigenvalue weighted by Gasteiger charge is 2.38. The molecule has 2 unspecified atom stereocenters. The quantitative estimate of drug-likeness (QED) is 0.502. The summed E-state index contributed by atoms with van der Waals surface area (Å²) in [5.41, 5.74) is 1.68. The van der Waals surface area contributed by atoms with E-state index in [1.807, 2.05) is 37.3 Å². The summed E-state index contributed by atoms with van der Waals surface area (Å²) in [5.74, 6) is 0.0619. The fraction of sp³-hybridized carbons (Fsp3) is 0.615. The molecule has 4 nitrogen and oxygen atoms in total. The van der Waals surface area contributed by atoms with E-state index in [1.165, 1.54) is 5.57 Å². The van der Waals surface area contributed by atoms with Gasteiger partial charge in [0.1, 0.15) is 0 Å². The molecule has 0 aromatic heterocycles. The molecule has 0 saturated carbocycles. The normalized spacial score (nSPS) is 26.6. The maximum absolute atomic E-state index is 11.6. The van der Waals surface area contributed by atoms with Crippen molar-refractivity contribution < 1.29 is 20.1 Å². The lowest BCUT2D eigenvalue weighted by Gasteiger charge is -2.36. The Hall–Kier alpha value is -1.46. The Kier molecular flexibility index (Phi) is 9.30. The van der Waals surface area contributed by atoms with E-state index >= 15 is 0 Å². The minimum atomic E-state index is -0.917. The maximum Gasteiger partial charge on any atom is 0.0956 e. The topological polar surface area (TPSA) is 69.9 Å². The van der Waals surface area contributed by atoms with Gasteiger partial charge in [0.15, 0.2) is 0 Å². The van der Waals surface area contributed by atoms with Crippen molar-refractivity contribution in [1.82, 2.24) is 0 Å². The number of aliphatic hydroxyl groups is 3. The van der Waals surface area contributed by atoms with Crippen LogP contribution in [0, 0.1) is 5.92 Å². The van der Waals surface area contributed by atoms with Gasteiger partial charge in [-0.1, -0.05) is 61.4 Å². The molecule has 4 atom stereocenters. The molecule has 2 rings (SSSR count). The van der Waals surface area contributed by atoms with Gasteiger partial charge in [-0.3, -0.25) is 0 Å². The van der Waals surface area contributed by atoms with E-state index in [2.05, 4.69) is 26.8 Å². The van der Waals surface area contributed by atoms with Crippen molar-refractivity contribution in [3.05, 3.63) is 59.2 Å². The number of hydrogen-bond donors (Lipinski definition) is 3. The first-order valence-electron chi connectivity index (χ1n) is 11.2. The highest BCUT2D eigenvalue weighted by molar-refractivity contribution is 5.24. The summed E-state index contributed by atoms with van der Waals surface area (Å²) in [6.45, 7) is 8.67. The second-order valence-corrected chi connectivity index (χ2v) is 9.27. The average molecular weight is 417 g/mol. The van der Waals surface area contributed by atoms with Gasteiger partial charge >= 0.3 is 0 Å². The number of ether oxygens (including phenoxy) is 1. The minimum Gasteiger partial charge on any atom is -0.392 e. The first-order chi connectivity index (χ1) is 14.2. The fourth-order valence-electron chi connectivity index (χ4n) is 4.27. The molecule has 1 fully saturated rings. The standard InChI is InChI=1S/C26H40O4/c1-20(2)14-17-26(29,23-10-6-5-7-11-23)21(3)9-8-16-25(4)24(28)13-12-22(15-18-27)19-30-25/h5-7,10-11,14-15,21,24,27-29H,8-9,12-13,16-19H2,1-4H3/b22-15+/t21?,24-,25+,26?/m1/s1. The Bertz CT molecular complexity index is 707. The van der Waals surface area contributed by atoms with E-state index in [9.17, 15) is 10.2 Å². The van der Waals surface area contributed by atoms with Crippen LogP contribution in [0.25, 0.3) is 0 Å². The summed E-state index contributed by atoms with van der Waals surface area (Å²) >= 11 is 0. The second-order valence-electron chi connectivity index (χ2n) is 9.27. The summed E-state index contributed by atoms with van der Waals surface area (Å²) in [6.07, 6.45) is 7.78. The zero-order chi connectivity index (χ0) is 22.2. The van der Waals surface area contributed by atoms with Crippen molar-refractivity contribution in [3.63, 3.8) is 0 Å². The summed E-state index contributed by atoms with van der Waals surface area (Å²) < 4.78 is 6.10. The molecule has 3 N–H and O–H groups in total. The van der Waals surface area contributed by atoms with Crippen molar-refractivity contribution in [2.75, 3.05) is 13.2 Å². The van der Waals surface area contributed by atoms with Crippen LogP contribution in [0.2, 0.25) is 0 Å². The molecule has 30 heavy (non-hydrogen) atoms. The monoisotopic (exact) mass is 416 g/mol. The molecule has 1 heterocycles. The smallest absolute Gasteiger partial charge is 0.0956 e. The van der Waals surface area contributed by atoms with Crippen LogP contribution in [0.1, 0.15) is 71.8 Å². The molecule has 0 radical (unpaired) electrons. The maximum atomic E-state index is 11.6. The molecule has 1 saturated heterocycles. The van der Waals surface area contributed by atoms with Crippen LogP contribution in [-0.2, 0) is 10.3 Å². The van der Waals surface area contributed by atoms with Crippen molar-refractivity contribution in [1.29, 1.82) is 0 Å². The Morgan fingerprint density at radius 3 is 2.63 bits per heavy atom. The average Bonchev–Trinajstić information content (AvgIpc) is 2.87. The van der Waals surface area contributed by atoms with Gasteiger partial charge in [-0.2, -0.15) is 0 Å². The Morgan fingerprint density at radius 2 is 2.00 bits per heavy atom. The molecular formula is C26H40O4. The van der Waals surface area contributed by atoms with E-state index in [0.29, 0.717) is 19.4 Å². The first-order valence-corrected chi connectivity index (χ1v) is 11.2. The van der Waals surface area contributed by atoms with E-state index in [4.69, 9.17) is 9.84 Å². The van der Waals surface area contributed by atoms with E-state index in [-0.39, 0.29) is 12.5 Å². The second kappa shape index (κ2) is 11.2. The lowest BCUT2D eigenvalue weighted by atomic mass is 9.76. The molecule has 1 aliphatic rings. The zero-order valence-corrected chi connectivity index (χ0v) is 19.1. The number of aliphatic hydroxyl groups excluding tert-OH is 2. The summed E-state index contributed by atoms with van der Waals surface area (Å²) in [7, 11) is 0. The van der Waals surface area contributed by atoms with Crippen LogP contribution in [0.5, 0.6) is 0 Å². The third kappa shape index (κ3) is 6.52. The van der Waals surface area contributed by atoms with Gasteiger partial charge in [0, 0.05) is 0 Å². The van der Waals surface area contributed by atoms with Gasteiger partial charge in [0.2, 0.25) is 0 Å². The Morgan fingerprint density at radius 1 is 1.30 bits per heavy atom. The van der Waals surface area contributed by atoms with Gasteiger partial charge in [-0.15, -0.1) is 0 Å². The number of allylic oxidation sites excluding steroid dienone is 1. The van der Waals surface area contributed by atoms with Crippen LogP contribution in [-0.4, -0.2) is 40.2 Å². The number of rotatable bonds is 9. The van der Waals surface area contributed by atoms with Crippen LogP contribution in [0.15, 0.2) is 53.6 Å². The largest absolute Gasteiger partial charge is 0.392 e. The molecule has 1 aromatic rings. The van der Waals surface area contributed by atoms with Gasteiger partial charge in [-0.05, 0) is 69.9 Å². The number of benzene rings is 1. The molecule has 0 aliphatic carbocycles. The molecule has 0 bridgehead atoms. The summed E-state index contributed by atoms with van der Waals surface area (Å²) in [4.78, 5) is 0. The van der Waals surface area contributed by atoms with Crippen molar-refractivity contribution in [3.8, 4) is 0 Å². The predicted octanol–water partition coefficient (Wildman–Crippen LogP) is 4.89. The van der Waals surface area contributed by atoms with Crippen molar-refractivity contribution in [2.45, 2.75) is 83.5 Å². The number of hydrogen-bond acceptors (Lipinski definition) is 4. The third-order valence-electron chi connectivity index (χ3n) is 6.63. The van der Waals surface area contributed by atoms with Gasteiger partial charge in [0.05, 0.1) is 30.5 Å². The molecule has 0 spiro atoms. The molecule has 4 heteroatoms. The van der Waals surface area contributed by atoms with Crippen LogP contribution < -0.4 is 0 Å². The lowest BCUT2D eigenvalue weighted by molar-refractivity contribution is -0.106.